The minimum atomic E-state index is -3.41. The van der Waals surface area contributed by atoms with E-state index in [0.29, 0.717) is 11.4 Å². The van der Waals surface area contributed by atoms with Crippen molar-refractivity contribution >= 4 is 10.0 Å². The molecule has 1 fully saturated rings. The van der Waals surface area contributed by atoms with E-state index in [4.69, 9.17) is 5.73 Å². The van der Waals surface area contributed by atoms with Crippen molar-refractivity contribution in [3.8, 4) is 0 Å². The highest BCUT2D eigenvalue weighted by molar-refractivity contribution is 7.89. The molecule has 0 amide bonds. The third-order valence-corrected chi connectivity index (χ3v) is 5.73. The molecular formula is C16H26N2O2S. The predicted octanol–water partition coefficient (Wildman–Crippen LogP) is 2.43. The fourth-order valence-electron chi connectivity index (χ4n) is 2.97. The van der Waals surface area contributed by atoms with E-state index in [1.807, 2.05) is 12.1 Å². The van der Waals surface area contributed by atoms with Gasteiger partial charge in [0, 0.05) is 6.04 Å². The van der Waals surface area contributed by atoms with Crippen LogP contribution in [0.4, 0.5) is 0 Å². The van der Waals surface area contributed by atoms with Gasteiger partial charge >= 0.3 is 0 Å². The van der Waals surface area contributed by atoms with E-state index in [0.717, 1.165) is 37.7 Å². The van der Waals surface area contributed by atoms with Crippen LogP contribution < -0.4 is 10.5 Å². The zero-order valence-corrected chi connectivity index (χ0v) is 13.7. The van der Waals surface area contributed by atoms with Gasteiger partial charge in [-0.2, -0.15) is 0 Å². The van der Waals surface area contributed by atoms with Gasteiger partial charge in [-0.15, -0.1) is 0 Å². The topological polar surface area (TPSA) is 72.2 Å². The van der Waals surface area contributed by atoms with Crippen molar-refractivity contribution in [1.29, 1.82) is 0 Å². The average Bonchev–Trinajstić information content (AvgIpc) is 2.75. The van der Waals surface area contributed by atoms with Gasteiger partial charge in [-0.1, -0.05) is 26.0 Å². The van der Waals surface area contributed by atoms with Crippen LogP contribution in [0.15, 0.2) is 29.2 Å². The van der Waals surface area contributed by atoms with Crippen molar-refractivity contribution in [3.05, 3.63) is 29.8 Å². The third kappa shape index (κ3) is 4.53. The highest BCUT2D eigenvalue weighted by Crippen LogP contribution is 2.37. The first-order chi connectivity index (χ1) is 9.82. The molecule has 4 nitrogen and oxygen atoms in total. The van der Waals surface area contributed by atoms with E-state index in [1.165, 1.54) is 0 Å². The molecule has 5 heteroatoms. The van der Waals surface area contributed by atoms with Gasteiger partial charge in [0.05, 0.1) is 4.90 Å². The molecule has 0 aliphatic heterocycles. The largest absolute Gasteiger partial charge is 0.330 e. The molecule has 0 heterocycles. The highest BCUT2D eigenvalue weighted by atomic mass is 32.2. The maximum Gasteiger partial charge on any atom is 0.240 e. The Morgan fingerprint density at radius 1 is 1.29 bits per heavy atom. The Kier molecular flexibility index (Phi) is 5.07. The Labute approximate surface area is 128 Å². The number of aryl methyl sites for hydroxylation is 1. The Morgan fingerprint density at radius 3 is 2.48 bits per heavy atom. The van der Waals surface area contributed by atoms with Crippen LogP contribution in [0.25, 0.3) is 0 Å². The molecule has 0 radical (unpaired) electrons. The minimum Gasteiger partial charge on any atom is -0.330 e. The molecule has 1 atom stereocenters. The summed E-state index contributed by atoms with van der Waals surface area (Å²) < 4.78 is 27.6. The molecule has 0 aromatic heterocycles. The third-order valence-electron chi connectivity index (χ3n) is 4.19. The van der Waals surface area contributed by atoms with Gasteiger partial charge in [0.2, 0.25) is 10.0 Å². The summed E-state index contributed by atoms with van der Waals surface area (Å²) in [6.45, 7) is 5.03. The summed E-state index contributed by atoms with van der Waals surface area (Å²) in [7, 11) is -3.41. The van der Waals surface area contributed by atoms with Gasteiger partial charge in [-0.05, 0) is 61.8 Å². The first-order valence-corrected chi connectivity index (χ1v) is 9.12. The smallest absolute Gasteiger partial charge is 0.240 e. The van der Waals surface area contributed by atoms with Crippen molar-refractivity contribution < 1.29 is 8.42 Å². The molecule has 1 aromatic carbocycles. The van der Waals surface area contributed by atoms with Crippen LogP contribution in [0.3, 0.4) is 0 Å². The van der Waals surface area contributed by atoms with E-state index >= 15 is 0 Å². The molecule has 1 unspecified atom stereocenters. The molecular weight excluding hydrogens is 284 g/mol. The van der Waals surface area contributed by atoms with Crippen molar-refractivity contribution in [3.63, 3.8) is 0 Å². The number of nitrogens with two attached hydrogens (primary N) is 1. The summed E-state index contributed by atoms with van der Waals surface area (Å²) in [6, 6.07) is 7.19. The molecule has 3 N–H and O–H groups in total. The molecule has 0 saturated heterocycles. The molecule has 1 saturated carbocycles. The molecule has 2 rings (SSSR count). The lowest BCUT2D eigenvalue weighted by atomic mass is 9.92. The number of nitrogens with one attached hydrogen (secondary N) is 1. The van der Waals surface area contributed by atoms with E-state index in [2.05, 4.69) is 18.6 Å². The lowest BCUT2D eigenvalue weighted by molar-refractivity contribution is 0.372. The first kappa shape index (κ1) is 16.5. The van der Waals surface area contributed by atoms with Crippen LogP contribution >= 0.6 is 0 Å². The summed E-state index contributed by atoms with van der Waals surface area (Å²) in [4.78, 5) is 0.351. The van der Waals surface area contributed by atoms with Gasteiger partial charge in [0.15, 0.2) is 0 Å². The molecule has 118 valence electrons. The average molecular weight is 310 g/mol. The predicted molar refractivity (Wildman–Crippen MR) is 85.6 cm³/mol. The number of hydrogen-bond donors (Lipinski definition) is 2. The zero-order valence-electron chi connectivity index (χ0n) is 12.9. The van der Waals surface area contributed by atoms with Crippen LogP contribution in [0, 0.1) is 5.41 Å². The summed E-state index contributed by atoms with van der Waals surface area (Å²) >= 11 is 0. The molecule has 1 aromatic rings. The SMILES string of the molecule is CC1(C)CCC(NS(=O)(=O)c2ccc(CCCN)cc2)C1. The number of benzene rings is 1. The van der Waals surface area contributed by atoms with E-state index in [9.17, 15) is 8.42 Å². The summed E-state index contributed by atoms with van der Waals surface area (Å²) in [5, 5.41) is 0. The van der Waals surface area contributed by atoms with Gasteiger partial charge in [0.1, 0.15) is 0 Å². The van der Waals surface area contributed by atoms with Crippen molar-refractivity contribution in [2.45, 2.75) is 56.9 Å². The van der Waals surface area contributed by atoms with Crippen molar-refractivity contribution in [1.82, 2.24) is 4.72 Å². The lowest BCUT2D eigenvalue weighted by Crippen LogP contribution is -2.33. The number of hydrogen-bond acceptors (Lipinski definition) is 3. The number of sulfonamides is 1. The second kappa shape index (κ2) is 6.46. The summed E-state index contributed by atoms with van der Waals surface area (Å²) in [5.74, 6) is 0. The Balaban J connectivity index is 2.02. The molecule has 0 spiro atoms. The van der Waals surface area contributed by atoms with E-state index in [-0.39, 0.29) is 11.5 Å². The van der Waals surface area contributed by atoms with Crippen molar-refractivity contribution in [2.24, 2.45) is 11.1 Å². The maximum absolute atomic E-state index is 12.4. The van der Waals surface area contributed by atoms with Crippen LogP contribution in [-0.2, 0) is 16.4 Å². The fraction of sp³-hybridized carbons (Fsp3) is 0.625. The van der Waals surface area contributed by atoms with E-state index in [1.54, 1.807) is 12.1 Å². The fourth-order valence-corrected chi connectivity index (χ4v) is 4.24. The van der Waals surface area contributed by atoms with Crippen molar-refractivity contribution in [2.75, 3.05) is 6.54 Å². The minimum absolute atomic E-state index is 0.0573. The van der Waals surface area contributed by atoms with Crippen LogP contribution in [0.2, 0.25) is 0 Å². The quantitative estimate of drug-likeness (QED) is 0.847. The van der Waals surface area contributed by atoms with Gasteiger partial charge in [0.25, 0.3) is 0 Å². The van der Waals surface area contributed by atoms with Crippen LogP contribution in [-0.4, -0.2) is 21.0 Å². The molecule has 21 heavy (non-hydrogen) atoms. The van der Waals surface area contributed by atoms with Gasteiger partial charge in [-0.3, -0.25) is 0 Å². The maximum atomic E-state index is 12.4. The van der Waals surface area contributed by atoms with Crippen LogP contribution in [0.5, 0.6) is 0 Å². The molecule has 1 aliphatic carbocycles. The Hall–Kier alpha value is -0.910. The molecule has 0 bridgehead atoms. The monoisotopic (exact) mass is 310 g/mol. The van der Waals surface area contributed by atoms with Gasteiger partial charge < -0.3 is 5.73 Å². The number of rotatable bonds is 6. The Morgan fingerprint density at radius 2 is 1.95 bits per heavy atom. The second-order valence-electron chi connectivity index (χ2n) is 6.76. The lowest BCUT2D eigenvalue weighted by Gasteiger charge is -2.18. The zero-order chi connectivity index (χ0) is 15.5. The standard InChI is InChI=1S/C16H26N2O2S/c1-16(2)10-9-14(12-16)18-21(19,20)15-7-5-13(6-8-15)4-3-11-17/h5-8,14,18H,3-4,9-12,17H2,1-2H3. The summed E-state index contributed by atoms with van der Waals surface area (Å²) in [6.07, 6.45) is 4.70. The Bertz CT molecular complexity index is 564. The summed E-state index contributed by atoms with van der Waals surface area (Å²) in [5.41, 5.74) is 6.84. The van der Waals surface area contributed by atoms with E-state index < -0.39 is 10.0 Å². The second-order valence-corrected chi connectivity index (χ2v) is 8.48. The highest BCUT2D eigenvalue weighted by Gasteiger charge is 2.33. The first-order valence-electron chi connectivity index (χ1n) is 7.64. The van der Waals surface area contributed by atoms with Crippen LogP contribution in [0.1, 0.15) is 45.1 Å². The normalized spacial score (nSPS) is 21.6. The molecule has 1 aliphatic rings. The van der Waals surface area contributed by atoms with Gasteiger partial charge in [-0.25, -0.2) is 13.1 Å².